The van der Waals surface area contributed by atoms with Crippen LogP contribution in [0.15, 0.2) is 65.7 Å². The largest absolute Gasteiger partial charge is 0.245 e. The standard InChI is InChI=1S/C24H20N2S/c25-16-22-20(15-14-18-8-3-1-4-9-18)21-12-7-13-23(21)26-24(22)27-17-19-10-5-2-6-11-19/h1-6,8-11,14-15H,7,12-13,17H2/b15-14+. The van der Waals surface area contributed by atoms with Crippen LogP contribution in [0.5, 0.6) is 0 Å². The number of rotatable bonds is 5. The normalized spacial score (nSPS) is 12.9. The number of benzene rings is 2. The lowest BCUT2D eigenvalue weighted by molar-refractivity contribution is 0.891. The second kappa shape index (κ2) is 8.24. The quantitative estimate of drug-likeness (QED) is 0.526. The summed E-state index contributed by atoms with van der Waals surface area (Å²) in [5.74, 6) is 0.823. The zero-order valence-electron chi connectivity index (χ0n) is 15.1. The maximum atomic E-state index is 9.89. The van der Waals surface area contributed by atoms with Gasteiger partial charge in [0.25, 0.3) is 0 Å². The minimum Gasteiger partial charge on any atom is -0.245 e. The van der Waals surface area contributed by atoms with Crippen LogP contribution < -0.4 is 0 Å². The first kappa shape index (κ1) is 17.6. The molecule has 0 bridgehead atoms. The van der Waals surface area contributed by atoms with Crippen LogP contribution in [-0.2, 0) is 18.6 Å². The predicted molar refractivity (Wildman–Crippen MR) is 112 cm³/mol. The lowest BCUT2D eigenvalue weighted by Crippen LogP contribution is -2.00. The Balaban J connectivity index is 1.70. The first-order valence-corrected chi connectivity index (χ1v) is 10.2. The van der Waals surface area contributed by atoms with Gasteiger partial charge in [-0.25, -0.2) is 4.98 Å². The fourth-order valence-electron chi connectivity index (χ4n) is 3.45. The molecular weight excluding hydrogens is 348 g/mol. The third kappa shape index (κ3) is 3.97. The van der Waals surface area contributed by atoms with Crippen LogP contribution in [0.3, 0.4) is 0 Å². The lowest BCUT2D eigenvalue weighted by Gasteiger charge is -2.12. The van der Waals surface area contributed by atoms with E-state index < -0.39 is 0 Å². The summed E-state index contributed by atoms with van der Waals surface area (Å²) in [4.78, 5) is 4.86. The van der Waals surface area contributed by atoms with Crippen molar-refractivity contribution in [3.8, 4) is 6.07 Å². The zero-order chi connectivity index (χ0) is 18.5. The minimum atomic E-state index is 0.712. The van der Waals surface area contributed by atoms with E-state index in [0.717, 1.165) is 46.9 Å². The first-order valence-electron chi connectivity index (χ1n) is 9.21. The predicted octanol–water partition coefficient (Wildman–Crippen LogP) is 5.90. The molecule has 0 saturated heterocycles. The molecule has 1 aromatic heterocycles. The van der Waals surface area contributed by atoms with E-state index >= 15 is 0 Å². The molecule has 0 N–H and O–H groups in total. The Hall–Kier alpha value is -2.83. The Labute approximate surface area is 164 Å². The maximum absolute atomic E-state index is 9.89. The van der Waals surface area contributed by atoms with Crippen molar-refractivity contribution >= 4 is 23.9 Å². The topological polar surface area (TPSA) is 36.7 Å². The van der Waals surface area contributed by atoms with Crippen LogP contribution in [0.1, 0.15) is 39.9 Å². The number of nitrogens with zero attached hydrogens (tertiary/aromatic N) is 2. The van der Waals surface area contributed by atoms with Crippen molar-refractivity contribution in [3.63, 3.8) is 0 Å². The van der Waals surface area contributed by atoms with E-state index in [1.54, 1.807) is 11.8 Å². The highest BCUT2D eigenvalue weighted by molar-refractivity contribution is 7.98. The molecule has 27 heavy (non-hydrogen) atoms. The number of pyridine rings is 1. The van der Waals surface area contributed by atoms with Crippen molar-refractivity contribution in [1.29, 1.82) is 5.26 Å². The number of hydrogen-bond donors (Lipinski definition) is 0. The monoisotopic (exact) mass is 368 g/mol. The zero-order valence-corrected chi connectivity index (χ0v) is 15.9. The highest BCUT2D eigenvalue weighted by Gasteiger charge is 2.22. The molecule has 3 heteroatoms. The molecular formula is C24H20N2S. The van der Waals surface area contributed by atoms with Gasteiger partial charge in [0.05, 0.1) is 5.56 Å². The van der Waals surface area contributed by atoms with Crippen molar-refractivity contribution < 1.29 is 0 Å². The molecule has 0 amide bonds. The van der Waals surface area contributed by atoms with Gasteiger partial charge in [-0.2, -0.15) is 5.26 Å². The molecule has 0 radical (unpaired) electrons. The second-order valence-corrected chi connectivity index (χ2v) is 7.58. The Kier molecular flexibility index (Phi) is 5.37. The van der Waals surface area contributed by atoms with Gasteiger partial charge in [-0.15, -0.1) is 11.8 Å². The van der Waals surface area contributed by atoms with Gasteiger partial charge < -0.3 is 0 Å². The van der Waals surface area contributed by atoms with E-state index in [2.05, 4.69) is 42.5 Å². The van der Waals surface area contributed by atoms with Crippen molar-refractivity contribution in [3.05, 3.63) is 94.2 Å². The van der Waals surface area contributed by atoms with E-state index in [1.165, 1.54) is 11.1 Å². The van der Waals surface area contributed by atoms with Gasteiger partial charge in [0.2, 0.25) is 0 Å². The molecule has 0 spiro atoms. The van der Waals surface area contributed by atoms with Crippen molar-refractivity contribution in [1.82, 2.24) is 4.98 Å². The van der Waals surface area contributed by atoms with Crippen LogP contribution >= 0.6 is 11.8 Å². The number of aryl methyl sites for hydroxylation is 1. The molecule has 4 rings (SSSR count). The van der Waals surface area contributed by atoms with Crippen LogP contribution in [0, 0.1) is 11.3 Å². The van der Waals surface area contributed by atoms with E-state index in [9.17, 15) is 5.26 Å². The lowest BCUT2D eigenvalue weighted by atomic mass is 10.0. The molecule has 1 heterocycles. The Morgan fingerprint density at radius 3 is 2.44 bits per heavy atom. The van der Waals surface area contributed by atoms with Crippen molar-refractivity contribution in [2.45, 2.75) is 30.0 Å². The highest BCUT2D eigenvalue weighted by Crippen LogP contribution is 2.34. The summed E-state index contributed by atoms with van der Waals surface area (Å²) >= 11 is 1.66. The molecule has 1 aliphatic carbocycles. The first-order chi connectivity index (χ1) is 13.3. The smallest absolute Gasteiger partial charge is 0.115 e. The Morgan fingerprint density at radius 2 is 1.70 bits per heavy atom. The molecule has 0 saturated carbocycles. The molecule has 0 atom stereocenters. The van der Waals surface area contributed by atoms with Crippen LogP contribution in [-0.4, -0.2) is 4.98 Å². The minimum absolute atomic E-state index is 0.712. The van der Waals surface area contributed by atoms with Gasteiger partial charge >= 0.3 is 0 Å². The number of hydrogen-bond acceptors (Lipinski definition) is 3. The fraction of sp³-hybridized carbons (Fsp3) is 0.167. The number of aromatic nitrogens is 1. The molecule has 132 valence electrons. The van der Waals surface area contributed by atoms with E-state index in [-0.39, 0.29) is 0 Å². The SMILES string of the molecule is N#Cc1c(SCc2ccccc2)nc2c(c1/C=C/c1ccccc1)CCC2. The average Bonchev–Trinajstić information content (AvgIpc) is 3.20. The van der Waals surface area contributed by atoms with E-state index in [0.29, 0.717) is 5.56 Å². The van der Waals surface area contributed by atoms with Gasteiger partial charge in [0.15, 0.2) is 0 Å². The van der Waals surface area contributed by atoms with Gasteiger partial charge in [-0.1, -0.05) is 72.8 Å². The molecule has 3 aromatic rings. The summed E-state index contributed by atoms with van der Waals surface area (Å²) in [6.45, 7) is 0. The third-order valence-corrected chi connectivity index (χ3v) is 5.85. The maximum Gasteiger partial charge on any atom is 0.115 e. The fourth-order valence-corrected chi connectivity index (χ4v) is 4.42. The number of fused-ring (bicyclic) bond motifs is 1. The molecule has 2 nitrogen and oxygen atoms in total. The molecule has 1 aliphatic rings. The number of thioether (sulfide) groups is 1. The highest BCUT2D eigenvalue weighted by atomic mass is 32.2. The van der Waals surface area contributed by atoms with Gasteiger partial charge in [0.1, 0.15) is 11.1 Å². The van der Waals surface area contributed by atoms with Crippen molar-refractivity contribution in [2.24, 2.45) is 0 Å². The van der Waals surface area contributed by atoms with Gasteiger partial charge in [0, 0.05) is 11.4 Å². The Bertz CT molecular complexity index is 1000. The van der Waals surface area contributed by atoms with E-state index in [1.807, 2.05) is 36.4 Å². The van der Waals surface area contributed by atoms with Crippen LogP contribution in [0.25, 0.3) is 12.2 Å². The summed E-state index contributed by atoms with van der Waals surface area (Å²) in [6, 6.07) is 23.0. The van der Waals surface area contributed by atoms with Gasteiger partial charge in [-0.3, -0.25) is 0 Å². The summed E-state index contributed by atoms with van der Waals surface area (Å²) in [5, 5.41) is 10.7. The van der Waals surface area contributed by atoms with E-state index in [4.69, 9.17) is 4.98 Å². The molecule has 0 fully saturated rings. The summed E-state index contributed by atoms with van der Waals surface area (Å²) in [6.07, 6.45) is 7.33. The van der Waals surface area contributed by atoms with Crippen LogP contribution in [0.2, 0.25) is 0 Å². The summed E-state index contributed by atoms with van der Waals surface area (Å²) in [5.41, 5.74) is 6.57. The van der Waals surface area contributed by atoms with Crippen LogP contribution in [0.4, 0.5) is 0 Å². The van der Waals surface area contributed by atoms with Gasteiger partial charge in [-0.05, 0) is 41.5 Å². The second-order valence-electron chi connectivity index (χ2n) is 6.61. The van der Waals surface area contributed by atoms with Crippen molar-refractivity contribution in [2.75, 3.05) is 0 Å². The molecule has 0 aliphatic heterocycles. The molecule has 0 unspecified atom stereocenters. The third-order valence-electron chi connectivity index (χ3n) is 4.81. The average molecular weight is 369 g/mol. The number of nitriles is 1. The summed E-state index contributed by atoms with van der Waals surface area (Å²) < 4.78 is 0. The molecule has 2 aromatic carbocycles. The summed E-state index contributed by atoms with van der Waals surface area (Å²) in [7, 11) is 0. The Morgan fingerprint density at radius 1 is 0.963 bits per heavy atom.